The van der Waals surface area contributed by atoms with Crippen molar-refractivity contribution in [1.82, 2.24) is 9.80 Å². The molecule has 1 aliphatic carbocycles. The van der Waals surface area contributed by atoms with Gasteiger partial charge in [0.15, 0.2) is 0 Å². The van der Waals surface area contributed by atoms with Crippen LogP contribution in [0.4, 0.5) is 0 Å². The SMILES string of the molecule is CCCN(C(=O)c1ccccc1)C1CCC(Cc2ccccc2)(N(C)C)CC1.Cl. The molecule has 29 heavy (non-hydrogen) atoms. The van der Waals surface area contributed by atoms with E-state index in [1.54, 1.807) is 0 Å². The molecular weight excluding hydrogens is 380 g/mol. The molecule has 0 N–H and O–H groups in total. The maximum absolute atomic E-state index is 13.1. The van der Waals surface area contributed by atoms with E-state index in [0.29, 0.717) is 6.04 Å². The van der Waals surface area contributed by atoms with E-state index < -0.39 is 0 Å². The standard InChI is InChI=1S/C25H34N2O.ClH/c1-4-19-27(24(28)22-13-9-6-10-14-22)23-15-17-25(18-16-23,26(2)3)20-21-11-7-5-8-12-21;/h5-14,23H,4,15-20H2,1-3H3;1H. The van der Waals surface area contributed by atoms with Gasteiger partial charge in [0.2, 0.25) is 0 Å². The summed E-state index contributed by atoms with van der Waals surface area (Å²) in [5.74, 6) is 0.188. The quantitative estimate of drug-likeness (QED) is 0.601. The van der Waals surface area contributed by atoms with Crippen molar-refractivity contribution < 1.29 is 4.79 Å². The molecule has 2 aromatic rings. The fourth-order valence-corrected chi connectivity index (χ4v) is 4.65. The van der Waals surface area contributed by atoms with E-state index in [0.717, 1.165) is 50.6 Å². The normalized spacial score (nSPS) is 21.4. The number of amides is 1. The van der Waals surface area contributed by atoms with Crippen molar-refractivity contribution in [3.05, 3.63) is 71.8 Å². The zero-order valence-electron chi connectivity index (χ0n) is 18.0. The lowest BCUT2D eigenvalue weighted by Gasteiger charge is -2.47. The number of rotatable bonds is 7. The summed E-state index contributed by atoms with van der Waals surface area (Å²) >= 11 is 0. The predicted octanol–water partition coefficient (Wildman–Crippen LogP) is 5.45. The van der Waals surface area contributed by atoms with Gasteiger partial charge in [-0.15, -0.1) is 12.4 Å². The molecule has 2 aromatic carbocycles. The van der Waals surface area contributed by atoms with Gasteiger partial charge in [-0.25, -0.2) is 0 Å². The van der Waals surface area contributed by atoms with Crippen molar-refractivity contribution in [2.24, 2.45) is 0 Å². The van der Waals surface area contributed by atoms with Gasteiger partial charge in [0.1, 0.15) is 0 Å². The van der Waals surface area contributed by atoms with Crippen LogP contribution in [0.5, 0.6) is 0 Å². The van der Waals surface area contributed by atoms with Crippen LogP contribution in [0, 0.1) is 0 Å². The highest BCUT2D eigenvalue weighted by Crippen LogP contribution is 2.37. The summed E-state index contributed by atoms with van der Waals surface area (Å²) in [6.45, 7) is 3.00. The topological polar surface area (TPSA) is 23.6 Å². The van der Waals surface area contributed by atoms with Crippen LogP contribution >= 0.6 is 12.4 Å². The third-order valence-corrected chi connectivity index (χ3v) is 6.40. The van der Waals surface area contributed by atoms with E-state index in [1.807, 2.05) is 30.3 Å². The van der Waals surface area contributed by atoms with Crippen LogP contribution < -0.4 is 0 Å². The predicted molar refractivity (Wildman–Crippen MR) is 124 cm³/mol. The second-order valence-corrected chi connectivity index (χ2v) is 8.38. The largest absolute Gasteiger partial charge is 0.336 e. The molecule has 0 aliphatic heterocycles. The molecule has 1 aliphatic rings. The molecule has 0 heterocycles. The van der Waals surface area contributed by atoms with Crippen molar-refractivity contribution in [2.45, 2.75) is 57.0 Å². The maximum atomic E-state index is 13.1. The fourth-order valence-electron chi connectivity index (χ4n) is 4.65. The van der Waals surface area contributed by atoms with Crippen LogP contribution in [0.1, 0.15) is 54.9 Å². The Morgan fingerprint density at radius 2 is 1.52 bits per heavy atom. The molecule has 0 bridgehead atoms. The van der Waals surface area contributed by atoms with E-state index in [9.17, 15) is 4.79 Å². The molecule has 0 saturated heterocycles. The highest BCUT2D eigenvalue weighted by Gasteiger charge is 2.39. The van der Waals surface area contributed by atoms with Gasteiger partial charge in [0.25, 0.3) is 5.91 Å². The minimum atomic E-state index is 0. The smallest absolute Gasteiger partial charge is 0.254 e. The molecule has 0 radical (unpaired) electrons. The molecule has 1 fully saturated rings. The van der Waals surface area contributed by atoms with Crippen molar-refractivity contribution >= 4 is 18.3 Å². The molecule has 0 aromatic heterocycles. The summed E-state index contributed by atoms with van der Waals surface area (Å²) in [6.07, 6.45) is 6.47. The number of benzene rings is 2. The molecule has 0 unspecified atom stereocenters. The number of carbonyl (C=O) groups excluding carboxylic acids is 1. The number of carbonyl (C=O) groups is 1. The van der Waals surface area contributed by atoms with Crippen molar-refractivity contribution in [1.29, 1.82) is 0 Å². The minimum absolute atomic E-state index is 0. The summed E-state index contributed by atoms with van der Waals surface area (Å²) in [7, 11) is 4.42. The molecule has 0 spiro atoms. The Morgan fingerprint density at radius 1 is 0.966 bits per heavy atom. The van der Waals surface area contributed by atoms with Gasteiger partial charge >= 0.3 is 0 Å². The lowest BCUT2D eigenvalue weighted by molar-refractivity contribution is 0.0401. The van der Waals surface area contributed by atoms with Crippen molar-refractivity contribution in [2.75, 3.05) is 20.6 Å². The van der Waals surface area contributed by atoms with E-state index in [1.165, 1.54) is 5.56 Å². The van der Waals surface area contributed by atoms with Gasteiger partial charge < -0.3 is 9.80 Å². The van der Waals surface area contributed by atoms with Crippen LogP contribution in [0.3, 0.4) is 0 Å². The molecule has 3 nitrogen and oxygen atoms in total. The average molecular weight is 415 g/mol. The van der Waals surface area contributed by atoms with Gasteiger partial charge in [0, 0.05) is 23.7 Å². The van der Waals surface area contributed by atoms with Crippen molar-refractivity contribution in [3.8, 4) is 0 Å². The first-order valence-corrected chi connectivity index (χ1v) is 10.6. The zero-order valence-corrected chi connectivity index (χ0v) is 18.8. The Balaban J connectivity index is 0.00000300. The van der Waals surface area contributed by atoms with Crippen LogP contribution in [0.15, 0.2) is 60.7 Å². The lowest BCUT2D eigenvalue weighted by Crippen LogP contribution is -2.53. The second-order valence-electron chi connectivity index (χ2n) is 8.38. The Labute approximate surface area is 182 Å². The van der Waals surface area contributed by atoms with Crippen LogP contribution in [-0.4, -0.2) is 47.9 Å². The highest BCUT2D eigenvalue weighted by atomic mass is 35.5. The lowest BCUT2D eigenvalue weighted by atomic mass is 9.74. The summed E-state index contributed by atoms with van der Waals surface area (Å²) < 4.78 is 0. The number of likely N-dealkylation sites (N-methyl/N-ethyl adjacent to an activating group) is 1. The van der Waals surface area contributed by atoms with Crippen LogP contribution in [0.2, 0.25) is 0 Å². The van der Waals surface area contributed by atoms with Gasteiger partial charge in [-0.3, -0.25) is 4.79 Å². The van der Waals surface area contributed by atoms with Gasteiger partial charge in [-0.2, -0.15) is 0 Å². The van der Waals surface area contributed by atoms with E-state index in [2.05, 4.69) is 61.2 Å². The molecule has 158 valence electrons. The maximum Gasteiger partial charge on any atom is 0.254 e. The third-order valence-electron chi connectivity index (χ3n) is 6.40. The summed E-state index contributed by atoms with van der Waals surface area (Å²) in [4.78, 5) is 17.7. The number of nitrogens with zero attached hydrogens (tertiary/aromatic N) is 2. The zero-order chi connectivity index (χ0) is 20.0. The minimum Gasteiger partial charge on any atom is -0.336 e. The van der Waals surface area contributed by atoms with E-state index >= 15 is 0 Å². The molecule has 1 amide bonds. The Kier molecular flexibility index (Phi) is 8.73. The average Bonchev–Trinajstić information content (AvgIpc) is 2.73. The number of hydrogen-bond donors (Lipinski definition) is 0. The van der Waals surface area contributed by atoms with E-state index in [-0.39, 0.29) is 23.9 Å². The summed E-state index contributed by atoms with van der Waals surface area (Å²) in [6, 6.07) is 20.9. The molecule has 1 saturated carbocycles. The number of hydrogen-bond acceptors (Lipinski definition) is 2. The van der Waals surface area contributed by atoms with E-state index in [4.69, 9.17) is 0 Å². The van der Waals surface area contributed by atoms with Gasteiger partial charge in [-0.05, 0) is 70.3 Å². The molecule has 3 rings (SSSR count). The molecule has 4 heteroatoms. The summed E-state index contributed by atoms with van der Waals surface area (Å²) in [5.41, 5.74) is 2.40. The first-order valence-electron chi connectivity index (χ1n) is 10.6. The molecule has 0 atom stereocenters. The van der Waals surface area contributed by atoms with Crippen LogP contribution in [0.25, 0.3) is 0 Å². The fraction of sp³-hybridized carbons (Fsp3) is 0.480. The number of halogens is 1. The Bertz CT molecular complexity index is 740. The van der Waals surface area contributed by atoms with Gasteiger partial charge in [0.05, 0.1) is 0 Å². The molecular formula is C25H35ClN2O. The second kappa shape index (κ2) is 10.8. The first kappa shape index (κ1) is 23.4. The highest BCUT2D eigenvalue weighted by molar-refractivity contribution is 5.94. The summed E-state index contributed by atoms with van der Waals surface area (Å²) in [5, 5.41) is 0. The first-order chi connectivity index (χ1) is 13.6. The Morgan fingerprint density at radius 3 is 2.03 bits per heavy atom. The van der Waals surface area contributed by atoms with Crippen molar-refractivity contribution in [3.63, 3.8) is 0 Å². The third kappa shape index (κ3) is 5.61. The van der Waals surface area contributed by atoms with Gasteiger partial charge in [-0.1, -0.05) is 55.5 Å². The monoisotopic (exact) mass is 414 g/mol. The Hall–Kier alpha value is -1.84. The van der Waals surface area contributed by atoms with Crippen LogP contribution in [-0.2, 0) is 6.42 Å².